The van der Waals surface area contributed by atoms with Gasteiger partial charge < -0.3 is 9.16 Å². The summed E-state index contributed by atoms with van der Waals surface area (Å²) in [7, 11) is -1.64. The number of rotatable bonds is 7. The van der Waals surface area contributed by atoms with Gasteiger partial charge in [-0.3, -0.25) is 0 Å². The fraction of sp³-hybridized carbons (Fsp3) is 0.722. The lowest BCUT2D eigenvalue weighted by atomic mass is 9.74. The number of hydrogen-bond acceptors (Lipinski definition) is 3. The fourth-order valence-corrected chi connectivity index (χ4v) is 3.18. The summed E-state index contributed by atoms with van der Waals surface area (Å²) < 4.78 is 11.2. The van der Waals surface area contributed by atoms with E-state index in [2.05, 4.69) is 39.9 Å². The van der Waals surface area contributed by atoms with Gasteiger partial charge in [-0.05, 0) is 49.7 Å². The molecule has 0 radical (unpaired) electrons. The Morgan fingerprint density at radius 3 is 2.41 bits per heavy atom. The van der Waals surface area contributed by atoms with E-state index in [4.69, 9.17) is 9.16 Å². The van der Waals surface area contributed by atoms with Gasteiger partial charge in [-0.1, -0.05) is 39.0 Å². The number of ether oxygens (including phenoxy) is 1. The van der Waals surface area contributed by atoms with E-state index in [1.165, 1.54) is 18.9 Å². The third-order valence-electron chi connectivity index (χ3n) is 4.93. The number of allylic oxidation sites excluding steroid dienone is 3. The predicted molar refractivity (Wildman–Crippen MR) is 94.3 cm³/mol. The smallest absolute Gasteiger partial charge is 0.330 e. The Morgan fingerprint density at radius 1 is 1.23 bits per heavy atom. The van der Waals surface area contributed by atoms with Crippen molar-refractivity contribution in [3.63, 3.8) is 0 Å². The van der Waals surface area contributed by atoms with E-state index < -0.39 is 8.32 Å². The van der Waals surface area contributed by atoms with Crippen molar-refractivity contribution in [3.8, 4) is 0 Å². The van der Waals surface area contributed by atoms with Crippen LogP contribution in [0.15, 0.2) is 24.3 Å². The van der Waals surface area contributed by atoms with E-state index in [9.17, 15) is 4.79 Å². The lowest BCUT2D eigenvalue weighted by Crippen LogP contribution is -2.43. The molecule has 0 bridgehead atoms. The molecule has 0 spiro atoms. The molecule has 126 valence electrons. The highest BCUT2D eigenvalue weighted by atomic mass is 28.4. The highest BCUT2D eigenvalue weighted by Crippen LogP contribution is 2.40. The van der Waals surface area contributed by atoms with Gasteiger partial charge in [-0.2, -0.15) is 0 Å². The van der Waals surface area contributed by atoms with Crippen LogP contribution in [0.1, 0.15) is 40.5 Å². The molecule has 0 heterocycles. The van der Waals surface area contributed by atoms with Crippen molar-refractivity contribution >= 4 is 14.3 Å². The van der Waals surface area contributed by atoms with E-state index >= 15 is 0 Å². The summed E-state index contributed by atoms with van der Waals surface area (Å²) in [5.74, 6) is 0.927. The van der Waals surface area contributed by atoms with Crippen molar-refractivity contribution in [1.29, 1.82) is 0 Å². The molecule has 0 amide bonds. The molecule has 0 unspecified atom stereocenters. The first-order valence-electron chi connectivity index (χ1n) is 8.33. The van der Waals surface area contributed by atoms with Crippen LogP contribution >= 0.6 is 0 Å². The van der Waals surface area contributed by atoms with Crippen molar-refractivity contribution < 1.29 is 14.0 Å². The average Bonchev–Trinajstić information content (AvgIpc) is 2.36. The Balaban J connectivity index is 2.38. The van der Waals surface area contributed by atoms with Crippen LogP contribution in [0.25, 0.3) is 0 Å². The molecule has 1 fully saturated rings. The molecule has 0 aromatic carbocycles. The summed E-state index contributed by atoms with van der Waals surface area (Å²) in [6.07, 6.45) is 9.85. The summed E-state index contributed by atoms with van der Waals surface area (Å²) in [5.41, 5.74) is 0. The second kappa shape index (κ2) is 8.11. The molecule has 1 aliphatic rings. The molecule has 3 nitrogen and oxygen atoms in total. The Labute approximate surface area is 136 Å². The van der Waals surface area contributed by atoms with Crippen LogP contribution in [-0.4, -0.2) is 27.5 Å². The van der Waals surface area contributed by atoms with Crippen LogP contribution in [0, 0.1) is 11.8 Å². The van der Waals surface area contributed by atoms with Crippen LogP contribution in [0.4, 0.5) is 0 Å². The van der Waals surface area contributed by atoms with Gasteiger partial charge in [-0.15, -0.1) is 0 Å². The van der Waals surface area contributed by atoms with E-state index in [1.807, 2.05) is 13.0 Å². The fourth-order valence-electron chi connectivity index (χ4n) is 2.12. The minimum Gasteiger partial charge on any atom is -0.463 e. The maximum Gasteiger partial charge on any atom is 0.330 e. The second-order valence-corrected chi connectivity index (χ2v) is 12.4. The summed E-state index contributed by atoms with van der Waals surface area (Å²) in [4.78, 5) is 11.2. The van der Waals surface area contributed by atoms with Gasteiger partial charge >= 0.3 is 5.97 Å². The topological polar surface area (TPSA) is 35.5 Å². The standard InChI is InChI=1S/C18H32O3Si/c1-7-20-17(19)11-9-8-10-15-12-13-16(15)14-21-22(5,6)18(2,3)4/h8-11,15-16H,7,12-14H2,1-6H3/b10-8+,11-9+/t15-,16+/m1/s1. The maximum absolute atomic E-state index is 11.2. The van der Waals surface area contributed by atoms with Crippen LogP contribution in [0.3, 0.4) is 0 Å². The maximum atomic E-state index is 11.2. The normalized spacial score (nSPS) is 23.0. The molecule has 0 saturated heterocycles. The third kappa shape index (κ3) is 5.73. The lowest BCUT2D eigenvalue weighted by molar-refractivity contribution is -0.137. The van der Waals surface area contributed by atoms with Gasteiger partial charge in [-0.25, -0.2) is 4.79 Å². The molecule has 0 aliphatic heterocycles. The van der Waals surface area contributed by atoms with E-state index in [0.717, 1.165) is 6.61 Å². The highest BCUT2D eigenvalue weighted by Gasteiger charge is 2.39. The molecule has 22 heavy (non-hydrogen) atoms. The van der Waals surface area contributed by atoms with Gasteiger partial charge in [0.25, 0.3) is 0 Å². The second-order valence-electron chi connectivity index (χ2n) is 7.57. The van der Waals surface area contributed by atoms with Gasteiger partial charge in [0.05, 0.1) is 6.61 Å². The first-order chi connectivity index (χ1) is 10.2. The number of hydrogen-bond donors (Lipinski definition) is 0. The summed E-state index contributed by atoms with van der Waals surface area (Å²) in [6, 6.07) is 0. The molecule has 0 aromatic heterocycles. The largest absolute Gasteiger partial charge is 0.463 e. The van der Waals surface area contributed by atoms with Gasteiger partial charge in [0.15, 0.2) is 8.32 Å². The average molecular weight is 325 g/mol. The predicted octanol–water partition coefficient (Wildman–Crippen LogP) is 4.71. The Kier molecular flexibility index (Phi) is 7.07. The third-order valence-corrected chi connectivity index (χ3v) is 9.43. The van der Waals surface area contributed by atoms with Gasteiger partial charge in [0.2, 0.25) is 0 Å². The SMILES string of the molecule is CCOC(=O)/C=C/C=C/[C@@H]1CC[C@H]1CO[Si](C)(C)C(C)(C)C. The molecule has 4 heteroatoms. The van der Waals surface area contributed by atoms with E-state index in [0.29, 0.717) is 18.4 Å². The summed E-state index contributed by atoms with van der Waals surface area (Å²) in [5, 5.41) is 0.268. The first-order valence-corrected chi connectivity index (χ1v) is 11.2. The summed E-state index contributed by atoms with van der Waals surface area (Å²) in [6.45, 7) is 14.5. The Hall–Kier alpha value is -0.873. The molecular formula is C18H32O3Si. The number of carbonyl (C=O) groups excluding carboxylic acids is 1. The zero-order chi connectivity index (χ0) is 16.8. The van der Waals surface area contributed by atoms with Crippen LogP contribution in [-0.2, 0) is 14.0 Å². The van der Waals surface area contributed by atoms with Crippen molar-refractivity contribution in [2.45, 2.75) is 58.7 Å². The molecule has 0 aromatic rings. The van der Waals surface area contributed by atoms with Gasteiger partial charge in [0, 0.05) is 12.7 Å². The number of esters is 1. The summed E-state index contributed by atoms with van der Waals surface area (Å²) >= 11 is 0. The Morgan fingerprint density at radius 2 is 1.91 bits per heavy atom. The van der Waals surface area contributed by atoms with Crippen molar-refractivity contribution in [2.24, 2.45) is 11.8 Å². The molecule has 1 aliphatic carbocycles. The van der Waals surface area contributed by atoms with Gasteiger partial charge in [0.1, 0.15) is 0 Å². The monoisotopic (exact) mass is 324 g/mol. The quantitative estimate of drug-likeness (QED) is 0.294. The Bertz CT molecular complexity index is 419. The highest BCUT2D eigenvalue weighted by molar-refractivity contribution is 6.74. The van der Waals surface area contributed by atoms with E-state index in [-0.39, 0.29) is 11.0 Å². The molecule has 1 rings (SSSR count). The molecule has 1 saturated carbocycles. The minimum atomic E-state index is -1.64. The van der Waals surface area contributed by atoms with Crippen molar-refractivity contribution in [2.75, 3.05) is 13.2 Å². The van der Waals surface area contributed by atoms with Crippen LogP contribution < -0.4 is 0 Å². The minimum absolute atomic E-state index is 0.268. The molecule has 2 atom stereocenters. The first kappa shape index (κ1) is 19.2. The molecule has 0 N–H and O–H groups in total. The zero-order valence-electron chi connectivity index (χ0n) is 15.0. The van der Waals surface area contributed by atoms with E-state index in [1.54, 1.807) is 6.08 Å². The van der Waals surface area contributed by atoms with Crippen molar-refractivity contribution in [1.82, 2.24) is 0 Å². The zero-order valence-corrected chi connectivity index (χ0v) is 16.0. The van der Waals surface area contributed by atoms with Crippen molar-refractivity contribution in [3.05, 3.63) is 24.3 Å². The van der Waals surface area contributed by atoms with Crippen LogP contribution in [0.5, 0.6) is 0 Å². The van der Waals surface area contributed by atoms with Crippen LogP contribution in [0.2, 0.25) is 18.1 Å². The number of carbonyl (C=O) groups is 1. The molecular weight excluding hydrogens is 292 g/mol. The lowest BCUT2D eigenvalue weighted by Gasteiger charge is -2.41.